The van der Waals surface area contributed by atoms with E-state index in [1.54, 1.807) is 18.2 Å². The molecule has 6 heteroatoms. The summed E-state index contributed by atoms with van der Waals surface area (Å²) < 4.78 is 1.90. The van der Waals surface area contributed by atoms with Crippen LogP contribution in [0.2, 0.25) is 0 Å². The van der Waals surface area contributed by atoms with E-state index in [0.717, 1.165) is 30.0 Å². The monoisotopic (exact) mass is 326 g/mol. The van der Waals surface area contributed by atoms with E-state index < -0.39 is 0 Å². The number of hydrogen-bond donors (Lipinski definition) is 1. The largest absolute Gasteiger partial charge is 0.369 e. The van der Waals surface area contributed by atoms with E-state index in [1.165, 1.54) is 43.4 Å². The number of non-ortho nitro benzene ring substituents is 1. The predicted octanol–water partition coefficient (Wildman–Crippen LogP) is 4.10. The fourth-order valence-corrected chi connectivity index (χ4v) is 4.02. The van der Waals surface area contributed by atoms with Crippen molar-refractivity contribution in [1.82, 2.24) is 9.78 Å². The lowest BCUT2D eigenvalue weighted by atomic mass is 9.85. The van der Waals surface area contributed by atoms with Crippen LogP contribution in [-0.4, -0.2) is 21.2 Å². The van der Waals surface area contributed by atoms with E-state index in [2.05, 4.69) is 5.32 Å². The molecule has 2 aromatic rings. The molecular formula is C18H22N4O2. The van der Waals surface area contributed by atoms with Gasteiger partial charge in [-0.25, -0.2) is 4.68 Å². The molecular weight excluding hydrogens is 304 g/mol. The first-order valence-corrected chi connectivity index (χ1v) is 8.76. The van der Waals surface area contributed by atoms with E-state index in [4.69, 9.17) is 5.10 Å². The van der Waals surface area contributed by atoms with Gasteiger partial charge in [-0.15, -0.1) is 0 Å². The highest BCUT2D eigenvalue weighted by Gasteiger charge is 2.29. The van der Waals surface area contributed by atoms with Crippen LogP contribution < -0.4 is 5.32 Å². The maximum absolute atomic E-state index is 11.1. The Labute approximate surface area is 141 Å². The Morgan fingerprint density at radius 1 is 1.29 bits per heavy atom. The second-order valence-corrected chi connectivity index (χ2v) is 6.86. The minimum absolute atomic E-state index is 0.108. The molecule has 0 atom stereocenters. The van der Waals surface area contributed by atoms with Crippen LogP contribution in [-0.2, 0) is 6.42 Å². The molecule has 1 aromatic heterocycles. The van der Waals surface area contributed by atoms with Gasteiger partial charge in [-0.3, -0.25) is 10.1 Å². The summed E-state index contributed by atoms with van der Waals surface area (Å²) in [5.41, 5.74) is 4.43. The molecule has 4 rings (SSSR count). The van der Waals surface area contributed by atoms with Gasteiger partial charge in [0, 0.05) is 30.2 Å². The number of nitro groups is 1. The van der Waals surface area contributed by atoms with Gasteiger partial charge < -0.3 is 5.32 Å². The van der Waals surface area contributed by atoms with Gasteiger partial charge in [0.15, 0.2) is 0 Å². The number of fused-ring (bicyclic) bond motifs is 1. The fourth-order valence-electron chi connectivity index (χ4n) is 4.02. The van der Waals surface area contributed by atoms with E-state index >= 15 is 0 Å². The Hall–Kier alpha value is -2.37. The van der Waals surface area contributed by atoms with Gasteiger partial charge in [0.05, 0.1) is 16.3 Å². The molecule has 0 amide bonds. The fraction of sp³-hybridized carbons (Fsp3) is 0.500. The molecule has 126 valence electrons. The number of nitrogens with zero attached hydrogens (tertiary/aromatic N) is 3. The molecule has 1 aliphatic carbocycles. The van der Waals surface area contributed by atoms with Gasteiger partial charge >= 0.3 is 0 Å². The van der Waals surface area contributed by atoms with Crippen molar-refractivity contribution in [2.45, 2.75) is 51.4 Å². The summed E-state index contributed by atoms with van der Waals surface area (Å²) >= 11 is 0. The first-order chi connectivity index (χ1) is 11.6. The smallest absolute Gasteiger partial charge is 0.271 e. The molecule has 2 heterocycles. The first-order valence-electron chi connectivity index (χ1n) is 8.76. The van der Waals surface area contributed by atoms with Crippen molar-refractivity contribution >= 4 is 11.5 Å². The van der Waals surface area contributed by atoms with E-state index in [1.807, 2.05) is 11.6 Å². The zero-order valence-electron chi connectivity index (χ0n) is 13.9. The molecule has 6 nitrogen and oxygen atoms in total. The summed E-state index contributed by atoms with van der Waals surface area (Å²) in [4.78, 5) is 10.8. The van der Waals surface area contributed by atoms with Crippen molar-refractivity contribution in [2.24, 2.45) is 0 Å². The van der Waals surface area contributed by atoms with Crippen LogP contribution in [0.1, 0.15) is 54.8 Å². The molecule has 24 heavy (non-hydrogen) atoms. The molecule has 1 aliphatic heterocycles. The average molecular weight is 326 g/mol. The normalized spacial score (nSPS) is 17.5. The van der Waals surface area contributed by atoms with Gasteiger partial charge in [0.25, 0.3) is 5.69 Å². The summed E-state index contributed by atoms with van der Waals surface area (Å²) in [6.45, 7) is 2.89. The van der Waals surface area contributed by atoms with Crippen LogP contribution in [0.4, 0.5) is 11.5 Å². The average Bonchev–Trinajstić information content (AvgIpc) is 3.18. The highest BCUT2D eigenvalue weighted by Crippen LogP contribution is 2.39. The number of aryl methyl sites for hydroxylation is 1. The molecule has 0 unspecified atom stereocenters. The number of nitro benzene ring substituents is 1. The Morgan fingerprint density at radius 3 is 2.83 bits per heavy atom. The van der Waals surface area contributed by atoms with Gasteiger partial charge in [-0.2, -0.15) is 5.10 Å². The number of nitrogens with one attached hydrogen (secondary N) is 1. The number of hydrogen-bond acceptors (Lipinski definition) is 4. The predicted molar refractivity (Wildman–Crippen MR) is 93.0 cm³/mol. The zero-order valence-corrected chi connectivity index (χ0v) is 13.9. The van der Waals surface area contributed by atoms with Crippen LogP contribution in [0, 0.1) is 17.0 Å². The summed E-state index contributed by atoms with van der Waals surface area (Å²) in [6, 6.07) is 4.99. The maximum atomic E-state index is 11.1. The molecule has 1 aromatic carbocycles. The van der Waals surface area contributed by atoms with Crippen LogP contribution in [0.3, 0.4) is 0 Å². The highest BCUT2D eigenvalue weighted by atomic mass is 16.6. The van der Waals surface area contributed by atoms with Gasteiger partial charge in [-0.05, 0) is 31.7 Å². The third-order valence-electron chi connectivity index (χ3n) is 5.31. The minimum atomic E-state index is -0.345. The molecule has 1 N–H and O–H groups in total. The Kier molecular flexibility index (Phi) is 3.75. The van der Waals surface area contributed by atoms with Crippen molar-refractivity contribution in [3.63, 3.8) is 0 Å². The lowest BCUT2D eigenvalue weighted by Crippen LogP contribution is -2.10. The van der Waals surface area contributed by atoms with Crippen molar-refractivity contribution < 1.29 is 4.92 Å². The van der Waals surface area contributed by atoms with Crippen LogP contribution in [0.15, 0.2) is 18.2 Å². The molecule has 2 aliphatic rings. The van der Waals surface area contributed by atoms with E-state index in [9.17, 15) is 10.1 Å². The zero-order chi connectivity index (χ0) is 16.7. The van der Waals surface area contributed by atoms with Crippen LogP contribution in [0.5, 0.6) is 0 Å². The second-order valence-electron chi connectivity index (χ2n) is 6.86. The van der Waals surface area contributed by atoms with E-state index in [-0.39, 0.29) is 10.6 Å². The summed E-state index contributed by atoms with van der Waals surface area (Å²) in [5, 5.41) is 19.5. The number of anilines is 1. The van der Waals surface area contributed by atoms with Crippen molar-refractivity contribution in [1.29, 1.82) is 0 Å². The molecule has 0 bridgehead atoms. The Morgan fingerprint density at radius 2 is 2.08 bits per heavy atom. The lowest BCUT2D eigenvalue weighted by Gasteiger charge is -2.20. The van der Waals surface area contributed by atoms with Gasteiger partial charge in [-0.1, -0.05) is 25.3 Å². The van der Waals surface area contributed by atoms with Gasteiger partial charge in [0.1, 0.15) is 5.82 Å². The number of benzene rings is 1. The standard InChI is InChI=1S/C18H22N4O2/c1-12-7-8-14(22(23)24)11-16(12)21-18-15(9-10-19-18)17(20-21)13-5-3-2-4-6-13/h7-8,11,13,19H,2-6,9-10H2,1H3. The van der Waals surface area contributed by atoms with Crippen LogP contribution in [0.25, 0.3) is 5.69 Å². The molecule has 1 saturated carbocycles. The SMILES string of the molecule is Cc1ccc([N+](=O)[O-])cc1-n1nc(C2CCCCC2)c2c1NCC2. The van der Waals surface area contributed by atoms with Gasteiger partial charge in [0.2, 0.25) is 0 Å². The third kappa shape index (κ3) is 2.46. The minimum Gasteiger partial charge on any atom is -0.369 e. The van der Waals surface area contributed by atoms with Crippen LogP contribution >= 0.6 is 0 Å². The van der Waals surface area contributed by atoms with E-state index in [0.29, 0.717) is 5.92 Å². The van der Waals surface area contributed by atoms with Crippen molar-refractivity contribution in [2.75, 3.05) is 11.9 Å². The van der Waals surface area contributed by atoms with Crippen molar-refractivity contribution in [3.05, 3.63) is 45.1 Å². The quantitative estimate of drug-likeness (QED) is 0.680. The number of rotatable bonds is 3. The third-order valence-corrected chi connectivity index (χ3v) is 5.31. The summed E-state index contributed by atoms with van der Waals surface area (Å²) in [5.74, 6) is 1.56. The Balaban J connectivity index is 1.82. The maximum Gasteiger partial charge on any atom is 0.271 e. The molecule has 0 saturated heterocycles. The summed E-state index contributed by atoms with van der Waals surface area (Å²) in [6.07, 6.45) is 7.27. The lowest BCUT2D eigenvalue weighted by molar-refractivity contribution is -0.384. The summed E-state index contributed by atoms with van der Waals surface area (Å²) in [7, 11) is 0. The Bertz CT molecular complexity index is 791. The van der Waals surface area contributed by atoms with Crippen molar-refractivity contribution in [3.8, 4) is 5.69 Å². The topological polar surface area (TPSA) is 73.0 Å². The highest BCUT2D eigenvalue weighted by molar-refractivity contribution is 5.60. The second kappa shape index (κ2) is 5.92. The molecule has 0 spiro atoms. The number of aromatic nitrogens is 2. The first kappa shape index (κ1) is 15.2. The molecule has 0 radical (unpaired) electrons. The molecule has 1 fully saturated rings.